The third-order valence-corrected chi connectivity index (χ3v) is 6.00. The number of carbonyl (C=O) groups is 1. The smallest absolute Gasteiger partial charge is 0.313 e. The van der Waals surface area contributed by atoms with Gasteiger partial charge in [0.05, 0.1) is 11.3 Å². The highest BCUT2D eigenvalue weighted by molar-refractivity contribution is 9.10. The fraction of sp³-hybridized carbons (Fsp3) is 0.217. The quantitative estimate of drug-likeness (QED) is 0.287. The lowest BCUT2D eigenvalue weighted by Gasteiger charge is -2.30. The van der Waals surface area contributed by atoms with Gasteiger partial charge in [0.1, 0.15) is 17.7 Å². The van der Waals surface area contributed by atoms with Gasteiger partial charge in [-0.3, -0.25) is 4.79 Å². The second-order valence-electron chi connectivity index (χ2n) is 7.83. The van der Waals surface area contributed by atoms with Crippen molar-refractivity contribution in [2.75, 3.05) is 16.8 Å². The van der Waals surface area contributed by atoms with Crippen LogP contribution in [-0.4, -0.2) is 24.0 Å². The summed E-state index contributed by atoms with van der Waals surface area (Å²) in [7, 11) is 1.18. The number of halogens is 7. The summed E-state index contributed by atoms with van der Waals surface area (Å²) in [5, 5.41) is 0. The molecule has 0 aliphatic carbocycles. The normalized spacial score (nSPS) is 15.4. The molecule has 4 nitrogen and oxygen atoms in total. The SMILES string of the molecule is Cc1cc(C(F)(F)F)cc(N2c3ccc(Br)cc3C[C@H]2C(=O)N(C)c2cc(F)c(F)cc2F)n1. The molecule has 11 heteroatoms. The molecule has 2 heterocycles. The topological polar surface area (TPSA) is 36.4 Å². The Morgan fingerprint density at radius 2 is 1.74 bits per heavy atom. The molecule has 2 aromatic carbocycles. The maximum Gasteiger partial charge on any atom is 0.416 e. The van der Waals surface area contributed by atoms with Gasteiger partial charge in [0.2, 0.25) is 5.91 Å². The van der Waals surface area contributed by atoms with Gasteiger partial charge in [0.25, 0.3) is 0 Å². The molecule has 1 aliphatic heterocycles. The van der Waals surface area contributed by atoms with Gasteiger partial charge in [-0.05, 0) is 42.8 Å². The van der Waals surface area contributed by atoms with Crippen LogP contribution in [0.4, 0.5) is 43.5 Å². The Morgan fingerprint density at radius 1 is 1.06 bits per heavy atom. The van der Waals surface area contributed by atoms with E-state index in [4.69, 9.17) is 0 Å². The third-order valence-electron chi connectivity index (χ3n) is 5.51. The van der Waals surface area contributed by atoms with Gasteiger partial charge in [-0.1, -0.05) is 15.9 Å². The molecule has 0 radical (unpaired) electrons. The summed E-state index contributed by atoms with van der Waals surface area (Å²) in [5.41, 5.74) is -0.266. The van der Waals surface area contributed by atoms with Crippen LogP contribution in [-0.2, 0) is 17.4 Å². The molecule has 0 saturated carbocycles. The Labute approximate surface area is 198 Å². The van der Waals surface area contributed by atoms with Crippen LogP contribution in [0.1, 0.15) is 16.8 Å². The molecule has 1 amide bonds. The van der Waals surface area contributed by atoms with Gasteiger partial charge < -0.3 is 9.80 Å². The van der Waals surface area contributed by atoms with Crippen LogP contribution in [0, 0.1) is 24.4 Å². The van der Waals surface area contributed by atoms with Crippen LogP contribution < -0.4 is 9.80 Å². The minimum atomic E-state index is -4.64. The largest absolute Gasteiger partial charge is 0.416 e. The van der Waals surface area contributed by atoms with E-state index in [9.17, 15) is 31.1 Å². The summed E-state index contributed by atoms with van der Waals surface area (Å²) in [4.78, 5) is 19.8. The Kier molecular flexibility index (Phi) is 6.09. The number of nitrogens with zero attached hydrogens (tertiary/aromatic N) is 3. The van der Waals surface area contributed by atoms with E-state index in [2.05, 4.69) is 20.9 Å². The summed E-state index contributed by atoms with van der Waals surface area (Å²) in [6.07, 6.45) is -4.57. The Hall–Kier alpha value is -3.08. The first kappa shape index (κ1) is 24.1. The lowest BCUT2D eigenvalue weighted by molar-refractivity contribution is -0.137. The minimum absolute atomic E-state index is 0.0697. The molecule has 4 rings (SSSR count). The van der Waals surface area contributed by atoms with Gasteiger partial charge in [-0.15, -0.1) is 0 Å². The number of pyridine rings is 1. The number of likely N-dealkylation sites (N-methyl/N-ethyl adjacent to an activating group) is 1. The fourth-order valence-corrected chi connectivity index (χ4v) is 4.36. The molecule has 1 aliphatic rings. The number of carbonyl (C=O) groups excluding carboxylic acids is 1. The second-order valence-corrected chi connectivity index (χ2v) is 8.75. The summed E-state index contributed by atoms with van der Waals surface area (Å²) in [6.45, 7) is 1.40. The average molecular weight is 544 g/mol. The van der Waals surface area contributed by atoms with E-state index in [1.165, 1.54) is 18.9 Å². The van der Waals surface area contributed by atoms with Crippen molar-refractivity contribution in [1.82, 2.24) is 4.98 Å². The number of alkyl halides is 3. The number of rotatable bonds is 3. The zero-order valence-electron chi connectivity index (χ0n) is 17.7. The number of benzene rings is 2. The molecular formula is C23H16BrF6N3O. The molecule has 3 aromatic rings. The van der Waals surface area contributed by atoms with E-state index >= 15 is 0 Å². The van der Waals surface area contributed by atoms with Crippen molar-refractivity contribution in [2.45, 2.75) is 25.6 Å². The van der Waals surface area contributed by atoms with Crippen molar-refractivity contribution in [2.24, 2.45) is 0 Å². The minimum Gasteiger partial charge on any atom is -0.313 e. The van der Waals surface area contributed by atoms with Crippen LogP contribution in [0.25, 0.3) is 0 Å². The summed E-state index contributed by atoms with van der Waals surface area (Å²) in [6, 6.07) is 6.50. The van der Waals surface area contributed by atoms with E-state index in [1.807, 2.05) is 0 Å². The number of aryl methyl sites for hydroxylation is 1. The first-order chi connectivity index (χ1) is 15.9. The third kappa shape index (κ3) is 4.36. The monoisotopic (exact) mass is 543 g/mol. The highest BCUT2D eigenvalue weighted by Crippen LogP contribution is 2.42. The predicted molar refractivity (Wildman–Crippen MR) is 117 cm³/mol. The van der Waals surface area contributed by atoms with Crippen molar-refractivity contribution < 1.29 is 31.1 Å². The molecule has 34 heavy (non-hydrogen) atoms. The first-order valence-electron chi connectivity index (χ1n) is 9.92. The van der Waals surface area contributed by atoms with Gasteiger partial charge in [-0.2, -0.15) is 13.2 Å². The zero-order chi connectivity index (χ0) is 24.9. The van der Waals surface area contributed by atoms with Crippen LogP contribution in [0.5, 0.6) is 0 Å². The van der Waals surface area contributed by atoms with E-state index in [-0.39, 0.29) is 17.9 Å². The number of anilines is 3. The molecule has 1 aromatic heterocycles. The fourth-order valence-electron chi connectivity index (χ4n) is 3.95. The number of hydrogen-bond acceptors (Lipinski definition) is 3. The van der Waals surface area contributed by atoms with Crippen molar-refractivity contribution in [3.63, 3.8) is 0 Å². The standard InChI is InChI=1S/C23H16BrF6N3O/c1-11-5-13(23(28,29)30)8-21(31-11)33-18-4-3-14(24)6-12(18)7-20(33)22(34)32(2)19-10-16(26)15(25)9-17(19)27/h3-6,8-10,20H,7H2,1-2H3/t20-/m0/s1. The van der Waals surface area contributed by atoms with Crippen molar-refractivity contribution in [3.8, 4) is 0 Å². The van der Waals surface area contributed by atoms with Crippen LogP contribution in [0.3, 0.4) is 0 Å². The first-order valence-corrected chi connectivity index (χ1v) is 10.7. The number of fused-ring (bicyclic) bond motifs is 1. The highest BCUT2D eigenvalue weighted by Gasteiger charge is 2.40. The molecule has 0 unspecified atom stereocenters. The number of aromatic nitrogens is 1. The van der Waals surface area contributed by atoms with Crippen molar-refractivity contribution in [1.29, 1.82) is 0 Å². The van der Waals surface area contributed by atoms with E-state index < -0.39 is 46.8 Å². The van der Waals surface area contributed by atoms with Gasteiger partial charge in [0.15, 0.2) is 11.6 Å². The summed E-state index contributed by atoms with van der Waals surface area (Å²) >= 11 is 3.33. The predicted octanol–water partition coefficient (Wildman–Crippen LogP) is 6.31. The molecule has 0 bridgehead atoms. The molecule has 0 fully saturated rings. The zero-order valence-corrected chi connectivity index (χ0v) is 19.3. The van der Waals surface area contributed by atoms with E-state index in [0.29, 0.717) is 27.9 Å². The van der Waals surface area contributed by atoms with Crippen molar-refractivity contribution in [3.05, 3.63) is 81.2 Å². The maximum absolute atomic E-state index is 14.3. The second kappa shape index (κ2) is 8.61. The Balaban J connectivity index is 1.82. The van der Waals surface area contributed by atoms with Gasteiger partial charge >= 0.3 is 6.18 Å². The maximum atomic E-state index is 14.3. The lowest BCUT2D eigenvalue weighted by Crippen LogP contribution is -2.45. The molecule has 178 valence electrons. The number of hydrogen-bond donors (Lipinski definition) is 0. The Bertz CT molecular complexity index is 1300. The molecule has 0 spiro atoms. The van der Waals surface area contributed by atoms with Gasteiger partial charge in [0, 0.05) is 41.5 Å². The van der Waals surface area contributed by atoms with Gasteiger partial charge in [-0.25, -0.2) is 18.2 Å². The Morgan fingerprint density at radius 3 is 2.41 bits per heavy atom. The van der Waals surface area contributed by atoms with E-state index in [0.717, 1.165) is 17.0 Å². The molecular weight excluding hydrogens is 528 g/mol. The summed E-state index contributed by atoms with van der Waals surface area (Å²) in [5.74, 6) is -4.78. The lowest BCUT2D eigenvalue weighted by atomic mass is 10.1. The molecule has 0 N–H and O–H groups in total. The van der Waals surface area contributed by atoms with Crippen molar-refractivity contribution >= 4 is 39.0 Å². The number of amides is 1. The van der Waals surface area contributed by atoms with E-state index in [1.54, 1.807) is 18.2 Å². The molecule has 1 atom stereocenters. The summed E-state index contributed by atoms with van der Waals surface area (Å²) < 4.78 is 82.6. The average Bonchev–Trinajstić information content (AvgIpc) is 3.12. The van der Waals surface area contributed by atoms with Crippen LogP contribution in [0.2, 0.25) is 0 Å². The van der Waals surface area contributed by atoms with Crippen LogP contribution >= 0.6 is 15.9 Å². The van der Waals surface area contributed by atoms with Crippen LogP contribution in [0.15, 0.2) is 46.9 Å². The highest BCUT2D eigenvalue weighted by atomic mass is 79.9. The molecule has 0 saturated heterocycles.